The Kier molecular flexibility index (Phi) is 13.5. The Morgan fingerprint density at radius 2 is 1.13 bits per heavy atom. The first-order chi connectivity index (χ1) is 23.6. The van der Waals surface area contributed by atoms with Crippen molar-refractivity contribution in [2.24, 2.45) is 43.8 Å². The Labute approximate surface area is 369 Å². The van der Waals surface area contributed by atoms with Crippen LogP contribution in [0.1, 0.15) is 72.9 Å². The normalized spacial score (nSPS) is 37.8. The summed E-state index contributed by atoms with van der Waals surface area (Å²) in [6.07, 6.45) is 39.3. The molecule has 5 heteroatoms. The van der Waals surface area contributed by atoms with Gasteiger partial charge in [0, 0.05) is 10.8 Å². The van der Waals surface area contributed by atoms with E-state index in [4.69, 9.17) is 0 Å². The van der Waals surface area contributed by atoms with E-state index in [-0.39, 0.29) is 62.7 Å². The third kappa shape index (κ3) is 6.15. The number of benzene rings is 2. The molecule has 0 bridgehead atoms. The molecule has 2 saturated carbocycles. The molecule has 0 radical (unpaired) electrons. The summed E-state index contributed by atoms with van der Waals surface area (Å²) in [4.78, 5) is 0. The summed E-state index contributed by atoms with van der Waals surface area (Å²) in [5, 5.41) is 0. The van der Waals surface area contributed by atoms with Gasteiger partial charge in [0.15, 0.2) is 0 Å². The fourth-order valence-electron chi connectivity index (χ4n) is 11.0. The molecule has 0 N–H and O–H groups in total. The van der Waals surface area contributed by atoms with Crippen LogP contribution in [0.25, 0.3) is 0 Å². The average Bonchev–Trinajstić information content (AvgIpc) is 3.75. The van der Waals surface area contributed by atoms with Crippen molar-refractivity contribution < 1.29 is 49.0 Å². The van der Waals surface area contributed by atoms with Crippen molar-refractivity contribution in [1.82, 2.24) is 0 Å². The van der Waals surface area contributed by atoms with Gasteiger partial charge >= 0.3 is 139 Å². The summed E-state index contributed by atoms with van der Waals surface area (Å²) >= 11 is 6.13. The molecule has 6 aliphatic rings. The Balaban J connectivity index is 0.000000221. The van der Waals surface area contributed by atoms with Crippen molar-refractivity contribution in [3.05, 3.63) is 170 Å². The molecule has 8 rings (SSSR count). The number of hydrogen-bond donors (Lipinski definition) is 0. The van der Waals surface area contributed by atoms with Crippen LogP contribution in [0.15, 0.2) is 139 Å². The fourth-order valence-corrected chi connectivity index (χ4v) is 12.5. The molecule has 2 aromatic carbocycles. The van der Waals surface area contributed by atoms with E-state index in [9.17, 15) is 0 Å². The van der Waals surface area contributed by atoms with Crippen LogP contribution in [0, 0.1) is 63.5 Å². The van der Waals surface area contributed by atoms with Gasteiger partial charge < -0.3 is 31.2 Å². The molecule has 0 saturated heterocycles. The fraction of sp³-hybridized carbons (Fsp3) is 0.362. The van der Waals surface area contributed by atoms with Crippen LogP contribution >= 0.6 is 45.2 Å². The Bertz CT molecular complexity index is 1860. The molecule has 0 amide bonds. The number of fused-ring (bicyclic) bond motifs is 8. The summed E-state index contributed by atoms with van der Waals surface area (Å²) in [6, 6.07) is 17.4. The molecule has 0 heterocycles. The van der Waals surface area contributed by atoms with Crippen LogP contribution in [-0.2, 0) is 24.2 Å². The molecule has 272 valence electrons. The van der Waals surface area contributed by atoms with E-state index in [1.54, 1.807) is 0 Å². The van der Waals surface area contributed by atoms with Crippen molar-refractivity contribution in [3.8, 4) is 0 Å². The maximum atomic E-state index is 2.99. The van der Waals surface area contributed by atoms with Crippen LogP contribution in [-0.4, -0.2) is 3.21 Å². The summed E-state index contributed by atoms with van der Waals surface area (Å²) in [6.45, 7) is 20.3. The minimum atomic E-state index is 0. The zero-order chi connectivity index (χ0) is 36.2. The van der Waals surface area contributed by atoms with E-state index < -0.39 is 0 Å². The summed E-state index contributed by atoms with van der Waals surface area (Å²) in [7, 11) is 0. The Hall–Kier alpha value is -0.847. The Morgan fingerprint density at radius 1 is 0.673 bits per heavy atom. The maximum absolute atomic E-state index is 2.99. The number of allylic oxidation sites excluding steroid dienone is 16. The summed E-state index contributed by atoms with van der Waals surface area (Å²) in [5.74, 6) is 0.460. The molecule has 8 atom stereocenters. The minimum absolute atomic E-state index is 0. The van der Waals surface area contributed by atoms with E-state index in [1.165, 1.54) is 51.3 Å². The SMILES string of the molecule is CC1=CC=CC2[CH-]C3(C)C4(C)C=CC=CC4(C)C4(C)C=CC=CC4(C)C3(C)C12C.[C-]1=CC=CC1.[Cl-].[Cl-].[Zr+2]=[C](c1ccc(I)cc1)c1ccc(I)cc1. The van der Waals surface area contributed by atoms with Crippen molar-refractivity contribution in [2.45, 2.75) is 61.8 Å². The third-order valence-corrected chi connectivity index (χ3v) is 17.7. The van der Waals surface area contributed by atoms with Gasteiger partial charge in [-0.2, -0.15) is 6.08 Å². The monoisotopic (exact) mass is 1030 g/mol. The molecule has 0 spiro atoms. The van der Waals surface area contributed by atoms with Crippen LogP contribution < -0.4 is 24.8 Å². The zero-order valence-corrected chi connectivity index (χ0v) is 39.9. The number of halogens is 4. The van der Waals surface area contributed by atoms with Crippen LogP contribution in [0.2, 0.25) is 0 Å². The first-order valence-electron chi connectivity index (χ1n) is 17.8. The van der Waals surface area contributed by atoms with E-state index in [0.29, 0.717) is 5.92 Å². The van der Waals surface area contributed by atoms with Gasteiger partial charge in [0.05, 0.1) is 0 Å². The second-order valence-corrected chi connectivity index (χ2v) is 19.8. The topological polar surface area (TPSA) is 0 Å². The molecule has 2 aromatic rings. The van der Waals surface area contributed by atoms with Gasteiger partial charge in [-0.15, -0.1) is 23.8 Å². The zero-order valence-electron chi connectivity index (χ0n) is 31.6. The first-order valence-corrected chi connectivity index (χ1v) is 21.2. The quantitative estimate of drug-likeness (QED) is 0.226. The number of hydrogen-bond acceptors (Lipinski definition) is 0. The standard InChI is InChI=1S/C29H37.C13H8I2.C5H5.2ClH.Zr/c1-21-14-13-15-22-20-27(6)25(4)18-10-9-16-23(25,2)24(3)17-11-12-19-26(24,5)29(27,8)28(21,22)7;14-12-5-1-10(2-6-12)9-11-3-7-13(15)8-4-11;1-2-4-5-3-1;;;/h9-20,22H,1-8H3;1-8H;1-3H,4H2;2*1H;/q-1;;-1;;;+2/p-2. The van der Waals surface area contributed by atoms with Crippen molar-refractivity contribution in [3.63, 3.8) is 0 Å². The first kappa shape index (κ1) is 43.9. The van der Waals surface area contributed by atoms with E-state index in [1.807, 2.05) is 12.2 Å². The molecule has 0 nitrogen and oxygen atoms in total. The number of rotatable bonds is 2. The second kappa shape index (κ2) is 16.0. The predicted octanol–water partition coefficient (Wildman–Crippen LogP) is 6.97. The molecule has 6 aliphatic carbocycles. The van der Waals surface area contributed by atoms with Gasteiger partial charge in [0.1, 0.15) is 0 Å². The van der Waals surface area contributed by atoms with Crippen molar-refractivity contribution >= 4 is 48.4 Å². The van der Waals surface area contributed by atoms with E-state index in [2.05, 4.69) is 235 Å². The van der Waals surface area contributed by atoms with Gasteiger partial charge in [0.25, 0.3) is 0 Å². The van der Waals surface area contributed by atoms with E-state index in [0.717, 1.165) is 6.42 Å². The van der Waals surface area contributed by atoms with Gasteiger partial charge in [-0.1, -0.05) is 115 Å². The molecule has 0 aliphatic heterocycles. The van der Waals surface area contributed by atoms with E-state index >= 15 is 0 Å². The van der Waals surface area contributed by atoms with Crippen molar-refractivity contribution in [2.75, 3.05) is 0 Å². The van der Waals surface area contributed by atoms with Crippen LogP contribution in [0.3, 0.4) is 0 Å². The third-order valence-electron chi connectivity index (χ3n) is 14.9. The summed E-state index contributed by atoms with van der Waals surface area (Å²) in [5.41, 5.74) is 4.40. The molecule has 52 heavy (non-hydrogen) atoms. The molecule has 8 unspecified atom stereocenters. The summed E-state index contributed by atoms with van der Waals surface area (Å²) < 4.78 is 3.99. The molecular weight excluding hydrogens is 980 g/mol. The van der Waals surface area contributed by atoms with Crippen molar-refractivity contribution in [1.29, 1.82) is 0 Å². The average molecular weight is 1030 g/mol. The Morgan fingerprint density at radius 3 is 1.58 bits per heavy atom. The van der Waals surface area contributed by atoms with Gasteiger partial charge in [-0.05, 0) is 28.6 Å². The predicted molar refractivity (Wildman–Crippen MR) is 227 cm³/mol. The molecular formula is C47H50Cl2I2Zr-2. The second-order valence-electron chi connectivity index (χ2n) is 16.1. The van der Waals surface area contributed by atoms with Gasteiger partial charge in [-0.3, -0.25) is 6.08 Å². The van der Waals surface area contributed by atoms with Crippen LogP contribution in [0.5, 0.6) is 0 Å². The van der Waals surface area contributed by atoms with Crippen LogP contribution in [0.4, 0.5) is 0 Å². The van der Waals surface area contributed by atoms with Gasteiger partial charge in [0.2, 0.25) is 0 Å². The molecule has 0 aromatic heterocycles. The molecule has 2 fully saturated rings. The van der Waals surface area contributed by atoms with Gasteiger partial charge in [-0.25, -0.2) is 12.2 Å².